The van der Waals surface area contributed by atoms with Gasteiger partial charge in [-0.15, -0.1) is 0 Å². The molecule has 0 radical (unpaired) electrons. The molecule has 2 aromatic carbocycles. The lowest BCUT2D eigenvalue weighted by atomic mass is 10.1. The summed E-state index contributed by atoms with van der Waals surface area (Å²) in [7, 11) is -3.07. The van der Waals surface area contributed by atoms with Gasteiger partial charge < -0.3 is 10.6 Å². The highest BCUT2D eigenvalue weighted by atomic mass is 32.2. The fraction of sp³-hybridized carbons (Fsp3) is 0.250. The number of amides is 2. The Hall–Kier alpha value is -2.78. The van der Waals surface area contributed by atoms with E-state index in [2.05, 4.69) is 15.0 Å². The Balaban J connectivity index is 1.52. The Morgan fingerprint density at radius 2 is 1.93 bits per heavy atom. The van der Waals surface area contributed by atoms with Crippen molar-refractivity contribution < 1.29 is 18.0 Å². The molecule has 2 N–H and O–H groups in total. The number of aryl methyl sites for hydroxylation is 1. The van der Waals surface area contributed by atoms with Gasteiger partial charge in [-0.2, -0.15) is 4.37 Å². The summed E-state index contributed by atoms with van der Waals surface area (Å²) in [6, 6.07) is 12.1. The molecule has 0 unspecified atom stereocenters. The molecule has 1 saturated heterocycles. The van der Waals surface area contributed by atoms with E-state index in [0.717, 1.165) is 15.6 Å². The molecule has 3 aromatic rings. The van der Waals surface area contributed by atoms with Crippen LogP contribution < -0.4 is 10.6 Å². The van der Waals surface area contributed by atoms with E-state index >= 15 is 0 Å². The molecule has 2 amide bonds. The summed E-state index contributed by atoms with van der Waals surface area (Å²) in [4.78, 5) is 25.3. The van der Waals surface area contributed by atoms with Crippen molar-refractivity contribution in [2.75, 3.05) is 16.8 Å². The van der Waals surface area contributed by atoms with E-state index in [1.54, 1.807) is 18.2 Å². The van der Waals surface area contributed by atoms with Gasteiger partial charge in [0.25, 0.3) is 11.8 Å². The van der Waals surface area contributed by atoms with Crippen molar-refractivity contribution >= 4 is 49.0 Å². The summed E-state index contributed by atoms with van der Waals surface area (Å²) in [6.45, 7) is 1.83. The van der Waals surface area contributed by atoms with Gasteiger partial charge in [-0.3, -0.25) is 9.59 Å². The lowest BCUT2D eigenvalue weighted by Crippen LogP contribution is -2.35. The Bertz CT molecular complexity index is 1220. The zero-order chi connectivity index (χ0) is 20.6. The Labute approximate surface area is 172 Å². The Morgan fingerprint density at radius 3 is 2.69 bits per heavy atom. The highest BCUT2D eigenvalue weighted by Crippen LogP contribution is 2.24. The Kier molecular flexibility index (Phi) is 5.10. The summed E-state index contributed by atoms with van der Waals surface area (Å²) in [6.07, 6.45) is 0.417. The van der Waals surface area contributed by atoms with Crippen LogP contribution >= 0.6 is 11.5 Å². The maximum Gasteiger partial charge on any atom is 0.276 e. The van der Waals surface area contributed by atoms with Gasteiger partial charge in [-0.05, 0) is 48.6 Å². The van der Waals surface area contributed by atoms with Gasteiger partial charge in [0.05, 0.1) is 16.2 Å². The summed E-state index contributed by atoms with van der Waals surface area (Å²) >= 11 is 1.26. The predicted octanol–water partition coefficient (Wildman–Crippen LogP) is 2.77. The normalized spacial score (nSPS) is 17.9. The van der Waals surface area contributed by atoms with E-state index in [9.17, 15) is 18.0 Å². The van der Waals surface area contributed by atoms with Gasteiger partial charge in [-0.25, -0.2) is 8.42 Å². The molecular weight excluding hydrogens is 410 g/mol. The first-order chi connectivity index (χ1) is 13.8. The molecule has 1 atom stereocenters. The molecule has 0 aliphatic carbocycles. The SMILES string of the molecule is Cc1ccc(C(=O)N[C@H]2CCS(=O)(=O)C2)cc1NC(=O)c1nsc2ccccc12. The van der Waals surface area contributed by atoms with E-state index in [-0.39, 0.29) is 29.4 Å². The quantitative estimate of drug-likeness (QED) is 0.663. The summed E-state index contributed by atoms with van der Waals surface area (Å²) in [5, 5.41) is 6.38. The van der Waals surface area contributed by atoms with E-state index < -0.39 is 9.84 Å². The number of hydrogen-bond donors (Lipinski definition) is 2. The second kappa shape index (κ2) is 7.57. The topological polar surface area (TPSA) is 105 Å². The van der Waals surface area contributed by atoms with Gasteiger partial charge in [0.1, 0.15) is 5.69 Å². The summed E-state index contributed by atoms with van der Waals surface area (Å²) < 4.78 is 28.3. The van der Waals surface area contributed by atoms with E-state index in [0.29, 0.717) is 23.4 Å². The molecule has 1 aliphatic heterocycles. The van der Waals surface area contributed by atoms with Gasteiger partial charge in [-0.1, -0.05) is 24.3 Å². The average Bonchev–Trinajstić information content (AvgIpc) is 3.26. The number of aromatic nitrogens is 1. The number of nitrogens with zero attached hydrogens (tertiary/aromatic N) is 1. The van der Waals surface area contributed by atoms with Gasteiger partial charge in [0.15, 0.2) is 9.84 Å². The number of sulfone groups is 1. The minimum atomic E-state index is -3.07. The lowest BCUT2D eigenvalue weighted by molar-refractivity contribution is 0.0940. The van der Waals surface area contributed by atoms with Crippen LogP contribution in [0, 0.1) is 6.92 Å². The molecule has 1 aromatic heterocycles. The average molecular weight is 430 g/mol. The van der Waals surface area contributed by atoms with Crippen molar-refractivity contribution in [3.8, 4) is 0 Å². The zero-order valence-corrected chi connectivity index (χ0v) is 17.3. The fourth-order valence-electron chi connectivity index (χ4n) is 3.31. The van der Waals surface area contributed by atoms with Crippen molar-refractivity contribution in [2.24, 2.45) is 0 Å². The van der Waals surface area contributed by atoms with Crippen molar-refractivity contribution in [1.29, 1.82) is 0 Å². The number of fused-ring (bicyclic) bond motifs is 1. The molecule has 9 heteroatoms. The third-order valence-electron chi connectivity index (χ3n) is 4.91. The van der Waals surface area contributed by atoms with Crippen LogP contribution in [-0.2, 0) is 9.84 Å². The molecule has 2 heterocycles. The van der Waals surface area contributed by atoms with Crippen LogP contribution in [0.2, 0.25) is 0 Å². The van der Waals surface area contributed by atoms with Crippen molar-refractivity contribution in [1.82, 2.24) is 9.69 Å². The highest BCUT2D eigenvalue weighted by molar-refractivity contribution is 7.91. The second-order valence-electron chi connectivity index (χ2n) is 7.08. The van der Waals surface area contributed by atoms with Crippen LogP contribution in [0.3, 0.4) is 0 Å². The molecule has 29 heavy (non-hydrogen) atoms. The molecule has 1 aliphatic rings. The second-order valence-corrected chi connectivity index (χ2v) is 10.1. The maximum absolute atomic E-state index is 12.7. The molecule has 0 saturated carbocycles. The van der Waals surface area contributed by atoms with Crippen molar-refractivity contribution in [3.63, 3.8) is 0 Å². The van der Waals surface area contributed by atoms with Crippen LogP contribution in [0.15, 0.2) is 42.5 Å². The molecule has 4 rings (SSSR count). The monoisotopic (exact) mass is 429 g/mol. The number of benzene rings is 2. The van der Waals surface area contributed by atoms with Crippen LogP contribution in [0.5, 0.6) is 0 Å². The number of carbonyl (C=O) groups is 2. The molecule has 150 valence electrons. The standard InChI is InChI=1S/C20H19N3O4S2/c1-12-6-7-13(19(24)21-14-8-9-29(26,27)11-14)10-16(12)22-20(25)18-15-4-2-3-5-17(15)28-23-18/h2-7,10,14H,8-9,11H2,1H3,(H,21,24)(H,22,25)/t14-/m0/s1. The fourth-order valence-corrected chi connectivity index (χ4v) is 5.75. The largest absolute Gasteiger partial charge is 0.348 e. The van der Waals surface area contributed by atoms with Crippen LogP contribution in [0.1, 0.15) is 32.8 Å². The molecule has 1 fully saturated rings. The molecular formula is C20H19N3O4S2. The maximum atomic E-state index is 12.7. The zero-order valence-electron chi connectivity index (χ0n) is 15.6. The van der Waals surface area contributed by atoms with E-state index in [1.165, 1.54) is 11.5 Å². The number of nitrogens with one attached hydrogen (secondary N) is 2. The number of rotatable bonds is 4. The van der Waals surface area contributed by atoms with Crippen LogP contribution in [0.25, 0.3) is 10.1 Å². The summed E-state index contributed by atoms with van der Waals surface area (Å²) in [5.74, 6) is -0.647. The minimum absolute atomic E-state index is 0.0366. The van der Waals surface area contributed by atoms with E-state index in [4.69, 9.17) is 0 Å². The van der Waals surface area contributed by atoms with Crippen molar-refractivity contribution in [3.05, 3.63) is 59.3 Å². The number of carbonyl (C=O) groups excluding carboxylic acids is 2. The van der Waals surface area contributed by atoms with Gasteiger partial charge in [0.2, 0.25) is 0 Å². The van der Waals surface area contributed by atoms with E-state index in [1.807, 2.05) is 31.2 Å². The van der Waals surface area contributed by atoms with Crippen LogP contribution in [-0.4, -0.2) is 42.2 Å². The summed E-state index contributed by atoms with van der Waals surface area (Å²) in [5.41, 5.74) is 2.02. The van der Waals surface area contributed by atoms with Crippen molar-refractivity contribution in [2.45, 2.75) is 19.4 Å². The minimum Gasteiger partial charge on any atom is -0.348 e. The first-order valence-corrected chi connectivity index (χ1v) is 11.7. The third-order valence-corrected chi connectivity index (χ3v) is 7.50. The number of hydrogen-bond acceptors (Lipinski definition) is 6. The van der Waals surface area contributed by atoms with Gasteiger partial charge in [0, 0.05) is 22.7 Å². The third kappa shape index (κ3) is 4.15. The smallest absolute Gasteiger partial charge is 0.276 e. The molecule has 7 nitrogen and oxygen atoms in total. The molecule has 0 bridgehead atoms. The first kappa shape index (κ1) is 19.5. The van der Waals surface area contributed by atoms with Gasteiger partial charge >= 0.3 is 0 Å². The lowest BCUT2D eigenvalue weighted by Gasteiger charge is -2.13. The molecule has 0 spiro atoms. The van der Waals surface area contributed by atoms with Crippen LogP contribution in [0.4, 0.5) is 5.69 Å². The first-order valence-electron chi connectivity index (χ1n) is 9.10. The Morgan fingerprint density at radius 1 is 1.14 bits per heavy atom. The highest BCUT2D eigenvalue weighted by Gasteiger charge is 2.29. The number of anilines is 1. The predicted molar refractivity (Wildman–Crippen MR) is 113 cm³/mol.